The van der Waals surface area contributed by atoms with Crippen LogP contribution in [0.25, 0.3) is 11.7 Å². The molecule has 2 aromatic rings. The molecule has 0 radical (unpaired) electrons. The average Bonchev–Trinajstić information content (AvgIpc) is 2.94. The number of carbonyl (C=O) groups excluding carboxylic acids is 1. The van der Waals surface area contributed by atoms with Gasteiger partial charge in [0.15, 0.2) is 16.1 Å². The molecule has 2 heterocycles. The monoisotopic (exact) mass is 353 g/mol. The second kappa shape index (κ2) is 5.31. The SMILES string of the molecule is CCOC(=O)c1oc(-c2ccc(Br)o2)nc1C(F)(F)F. The Bertz CT molecular complexity index is 632. The predicted octanol–water partition coefficient (Wildman–Crippen LogP) is 3.89. The zero-order chi connectivity index (χ0) is 14.9. The van der Waals surface area contributed by atoms with Crippen molar-refractivity contribution in [2.45, 2.75) is 13.1 Å². The molecule has 0 unspecified atom stereocenters. The number of hydrogen-bond donors (Lipinski definition) is 0. The summed E-state index contributed by atoms with van der Waals surface area (Å²) in [7, 11) is 0. The molecule has 0 aliphatic heterocycles. The molecule has 0 aliphatic rings. The van der Waals surface area contributed by atoms with E-state index >= 15 is 0 Å². The topological polar surface area (TPSA) is 65.5 Å². The van der Waals surface area contributed by atoms with E-state index in [4.69, 9.17) is 8.83 Å². The Labute approximate surface area is 118 Å². The molecule has 2 aromatic heterocycles. The molecule has 0 aromatic carbocycles. The Hall–Kier alpha value is -1.77. The van der Waals surface area contributed by atoms with Crippen molar-refractivity contribution in [1.29, 1.82) is 0 Å². The van der Waals surface area contributed by atoms with E-state index in [9.17, 15) is 18.0 Å². The van der Waals surface area contributed by atoms with Crippen LogP contribution in [-0.2, 0) is 10.9 Å². The fourth-order valence-corrected chi connectivity index (χ4v) is 1.69. The zero-order valence-corrected chi connectivity index (χ0v) is 11.5. The van der Waals surface area contributed by atoms with Gasteiger partial charge in [-0.05, 0) is 35.0 Å². The van der Waals surface area contributed by atoms with Gasteiger partial charge in [-0.2, -0.15) is 13.2 Å². The van der Waals surface area contributed by atoms with E-state index in [1.807, 2.05) is 0 Å². The van der Waals surface area contributed by atoms with Crippen LogP contribution < -0.4 is 0 Å². The van der Waals surface area contributed by atoms with Crippen molar-refractivity contribution in [3.63, 3.8) is 0 Å². The Balaban J connectivity index is 2.50. The van der Waals surface area contributed by atoms with Gasteiger partial charge in [-0.25, -0.2) is 9.78 Å². The van der Waals surface area contributed by atoms with Gasteiger partial charge in [-0.3, -0.25) is 0 Å². The highest BCUT2D eigenvalue weighted by Gasteiger charge is 2.42. The summed E-state index contributed by atoms with van der Waals surface area (Å²) in [5.74, 6) is -2.73. The maximum absolute atomic E-state index is 12.8. The molecule has 0 amide bonds. The second-order valence-electron chi connectivity index (χ2n) is 3.52. The number of ether oxygens (including phenoxy) is 1. The lowest BCUT2D eigenvalue weighted by Gasteiger charge is -2.03. The molecule has 0 atom stereocenters. The van der Waals surface area contributed by atoms with E-state index in [0.717, 1.165) is 0 Å². The van der Waals surface area contributed by atoms with Crippen LogP contribution in [0.3, 0.4) is 0 Å². The minimum atomic E-state index is -4.84. The number of carbonyl (C=O) groups is 1. The number of furan rings is 1. The van der Waals surface area contributed by atoms with E-state index in [0.29, 0.717) is 0 Å². The summed E-state index contributed by atoms with van der Waals surface area (Å²) >= 11 is 3.00. The van der Waals surface area contributed by atoms with Crippen molar-refractivity contribution >= 4 is 21.9 Å². The van der Waals surface area contributed by atoms with Gasteiger partial charge in [0.1, 0.15) is 0 Å². The third-order valence-corrected chi connectivity index (χ3v) is 2.57. The molecule has 0 bridgehead atoms. The number of hydrogen-bond acceptors (Lipinski definition) is 5. The van der Waals surface area contributed by atoms with Crippen LogP contribution in [0.5, 0.6) is 0 Å². The first-order chi connectivity index (χ1) is 9.32. The van der Waals surface area contributed by atoms with Crippen molar-refractivity contribution in [1.82, 2.24) is 4.98 Å². The minimum Gasteiger partial charge on any atom is -0.460 e. The maximum atomic E-state index is 12.8. The summed E-state index contributed by atoms with van der Waals surface area (Å²) < 4.78 is 53.1. The lowest BCUT2D eigenvalue weighted by Crippen LogP contribution is -2.14. The molecule has 0 spiro atoms. The average molecular weight is 354 g/mol. The molecule has 20 heavy (non-hydrogen) atoms. The van der Waals surface area contributed by atoms with Crippen LogP contribution in [0.4, 0.5) is 13.2 Å². The number of esters is 1. The third-order valence-electron chi connectivity index (χ3n) is 2.14. The summed E-state index contributed by atoms with van der Waals surface area (Å²) in [4.78, 5) is 14.7. The van der Waals surface area contributed by atoms with E-state index in [1.165, 1.54) is 19.1 Å². The fraction of sp³-hybridized carbons (Fsp3) is 0.273. The molecule has 108 valence electrons. The lowest BCUT2D eigenvalue weighted by atomic mass is 10.3. The molecule has 0 saturated carbocycles. The molecule has 5 nitrogen and oxygen atoms in total. The Morgan fingerprint density at radius 1 is 1.40 bits per heavy atom. The van der Waals surface area contributed by atoms with E-state index in [2.05, 4.69) is 25.7 Å². The van der Waals surface area contributed by atoms with Gasteiger partial charge in [0.05, 0.1) is 6.61 Å². The van der Waals surface area contributed by atoms with Gasteiger partial charge < -0.3 is 13.6 Å². The van der Waals surface area contributed by atoms with Gasteiger partial charge in [-0.15, -0.1) is 0 Å². The molecule has 2 rings (SSSR count). The number of rotatable bonds is 3. The number of halogens is 4. The highest BCUT2D eigenvalue weighted by molar-refractivity contribution is 9.10. The highest BCUT2D eigenvalue weighted by Crippen LogP contribution is 2.35. The number of aromatic nitrogens is 1. The van der Waals surface area contributed by atoms with Gasteiger partial charge in [0, 0.05) is 0 Å². The van der Waals surface area contributed by atoms with Gasteiger partial charge in [0.2, 0.25) is 5.76 Å². The van der Waals surface area contributed by atoms with Crippen LogP contribution in [-0.4, -0.2) is 17.6 Å². The number of oxazole rings is 1. The Morgan fingerprint density at radius 2 is 2.10 bits per heavy atom. The van der Waals surface area contributed by atoms with Crippen molar-refractivity contribution in [2.75, 3.05) is 6.61 Å². The van der Waals surface area contributed by atoms with E-state index in [1.54, 1.807) is 0 Å². The third kappa shape index (κ3) is 2.87. The number of alkyl halides is 3. The normalized spacial score (nSPS) is 11.7. The first-order valence-electron chi connectivity index (χ1n) is 5.33. The van der Waals surface area contributed by atoms with E-state index < -0.39 is 29.5 Å². The molecule has 0 saturated heterocycles. The molecular weight excluding hydrogens is 347 g/mol. The predicted molar refractivity (Wildman–Crippen MR) is 62.9 cm³/mol. The van der Waals surface area contributed by atoms with E-state index in [-0.39, 0.29) is 17.0 Å². The molecule has 9 heteroatoms. The van der Waals surface area contributed by atoms with Crippen LogP contribution >= 0.6 is 15.9 Å². The molecular formula is C11H7BrF3NO4. The van der Waals surface area contributed by atoms with Crippen molar-refractivity contribution in [3.8, 4) is 11.7 Å². The van der Waals surface area contributed by atoms with Crippen LogP contribution in [0.1, 0.15) is 23.2 Å². The molecule has 0 N–H and O–H groups in total. The smallest absolute Gasteiger partial charge is 0.437 e. The second-order valence-corrected chi connectivity index (χ2v) is 4.30. The van der Waals surface area contributed by atoms with Crippen molar-refractivity contribution < 1.29 is 31.5 Å². The summed E-state index contributed by atoms with van der Waals surface area (Å²) in [5.41, 5.74) is -1.45. The fourth-order valence-electron chi connectivity index (χ4n) is 1.38. The van der Waals surface area contributed by atoms with Gasteiger partial charge in [0.25, 0.3) is 5.89 Å². The van der Waals surface area contributed by atoms with Crippen LogP contribution in [0.2, 0.25) is 0 Å². The largest absolute Gasteiger partial charge is 0.460 e. The summed E-state index contributed by atoms with van der Waals surface area (Å²) in [5, 5.41) is 0. The first kappa shape index (κ1) is 14.6. The Kier molecular flexibility index (Phi) is 3.89. The quantitative estimate of drug-likeness (QED) is 0.783. The minimum absolute atomic E-state index is 0.0436. The summed E-state index contributed by atoms with van der Waals surface area (Å²) in [6.07, 6.45) is -4.84. The molecule has 0 aliphatic carbocycles. The van der Waals surface area contributed by atoms with Gasteiger partial charge >= 0.3 is 12.1 Å². The number of nitrogens with zero attached hydrogens (tertiary/aromatic N) is 1. The lowest BCUT2D eigenvalue weighted by molar-refractivity contribution is -0.141. The van der Waals surface area contributed by atoms with Gasteiger partial charge in [-0.1, -0.05) is 0 Å². The zero-order valence-electron chi connectivity index (χ0n) is 9.95. The maximum Gasteiger partial charge on any atom is 0.437 e. The van der Waals surface area contributed by atoms with Crippen LogP contribution in [0, 0.1) is 0 Å². The van der Waals surface area contributed by atoms with Crippen molar-refractivity contribution in [2.24, 2.45) is 0 Å². The first-order valence-corrected chi connectivity index (χ1v) is 6.13. The standard InChI is InChI=1S/C11H7BrF3NO4/c1-2-18-10(17)7-8(11(13,14)15)16-9(20-7)5-3-4-6(12)19-5/h3-4H,2H2,1H3. The molecule has 0 fully saturated rings. The van der Waals surface area contributed by atoms with Crippen molar-refractivity contribution in [3.05, 3.63) is 28.3 Å². The summed E-state index contributed by atoms with van der Waals surface area (Å²) in [6.45, 7) is 1.38. The summed E-state index contributed by atoms with van der Waals surface area (Å²) in [6, 6.07) is 2.81. The Morgan fingerprint density at radius 3 is 2.60 bits per heavy atom. The highest BCUT2D eigenvalue weighted by atomic mass is 79.9. The van der Waals surface area contributed by atoms with Crippen LogP contribution in [0.15, 0.2) is 25.6 Å².